The zero-order valence-corrected chi connectivity index (χ0v) is 9.23. The molecule has 0 bridgehead atoms. The van der Waals surface area contributed by atoms with Crippen molar-refractivity contribution in [2.45, 2.75) is 6.92 Å². The largest absolute Gasteiger partial charge is 0.279 e. The van der Waals surface area contributed by atoms with Crippen molar-refractivity contribution in [2.75, 3.05) is 0 Å². The average Bonchev–Trinajstić information content (AvgIpc) is 2.51. The molecule has 0 aliphatic carbocycles. The molecular formula is C10H10FN3S. The minimum atomic E-state index is -0.262. The van der Waals surface area contributed by atoms with Crippen molar-refractivity contribution < 1.29 is 4.39 Å². The highest BCUT2D eigenvalue weighted by atomic mass is 32.1. The Labute approximate surface area is 91.6 Å². The van der Waals surface area contributed by atoms with E-state index in [9.17, 15) is 4.39 Å². The minimum absolute atomic E-state index is 0.262. The smallest absolute Gasteiger partial charge is 0.216 e. The number of H-pyrrole nitrogens is 1. The second kappa shape index (κ2) is 3.58. The van der Waals surface area contributed by atoms with Gasteiger partial charge in [0.1, 0.15) is 5.82 Å². The Morgan fingerprint density at radius 1 is 1.47 bits per heavy atom. The molecule has 0 unspecified atom stereocenters. The highest BCUT2D eigenvalue weighted by Gasteiger charge is 2.10. The lowest BCUT2D eigenvalue weighted by Crippen LogP contribution is -1.92. The first kappa shape index (κ1) is 10.0. The van der Waals surface area contributed by atoms with Crippen LogP contribution in [0.15, 0.2) is 18.2 Å². The highest BCUT2D eigenvalue weighted by Crippen LogP contribution is 2.21. The third-order valence-electron chi connectivity index (χ3n) is 2.21. The number of nitrogens with one attached hydrogen (secondary N) is 1. The minimum Gasteiger partial charge on any atom is -0.279 e. The SMILES string of the molecule is Cc1cccc(-c2nc(=S)n(C)[nH]2)c1F. The Morgan fingerprint density at radius 2 is 2.20 bits per heavy atom. The lowest BCUT2D eigenvalue weighted by molar-refractivity contribution is 0.620. The molecule has 1 aromatic heterocycles. The summed E-state index contributed by atoms with van der Waals surface area (Å²) in [5.41, 5.74) is 1.04. The summed E-state index contributed by atoms with van der Waals surface area (Å²) in [5, 5.41) is 2.89. The van der Waals surface area contributed by atoms with Gasteiger partial charge in [0.05, 0.1) is 5.56 Å². The molecule has 0 saturated heterocycles. The number of aromatic nitrogens is 3. The van der Waals surface area contributed by atoms with Gasteiger partial charge in [-0.3, -0.25) is 9.78 Å². The average molecular weight is 223 g/mol. The normalized spacial score (nSPS) is 10.6. The van der Waals surface area contributed by atoms with Crippen LogP contribution in [0.25, 0.3) is 11.4 Å². The van der Waals surface area contributed by atoms with Crippen molar-refractivity contribution in [3.05, 3.63) is 34.4 Å². The summed E-state index contributed by atoms with van der Waals surface area (Å²) in [7, 11) is 1.74. The van der Waals surface area contributed by atoms with Gasteiger partial charge in [0.15, 0.2) is 5.82 Å². The molecule has 15 heavy (non-hydrogen) atoms. The van der Waals surface area contributed by atoms with E-state index in [0.29, 0.717) is 21.7 Å². The van der Waals surface area contributed by atoms with E-state index in [-0.39, 0.29) is 5.82 Å². The molecular weight excluding hydrogens is 213 g/mol. The number of rotatable bonds is 1. The molecule has 0 saturated carbocycles. The molecule has 3 nitrogen and oxygen atoms in total. The fourth-order valence-corrected chi connectivity index (χ4v) is 1.49. The Balaban J connectivity index is 2.64. The third kappa shape index (κ3) is 1.70. The number of hydrogen-bond donors (Lipinski definition) is 1. The number of benzene rings is 1. The van der Waals surface area contributed by atoms with E-state index in [1.165, 1.54) is 0 Å². The molecule has 78 valence electrons. The van der Waals surface area contributed by atoms with E-state index in [1.54, 1.807) is 36.9 Å². The van der Waals surface area contributed by atoms with Crippen LogP contribution in [0.3, 0.4) is 0 Å². The maximum absolute atomic E-state index is 13.7. The predicted octanol–water partition coefficient (Wildman–Crippen LogP) is 2.59. The summed E-state index contributed by atoms with van der Waals surface area (Å²) in [5.74, 6) is 0.200. The first-order valence-corrected chi connectivity index (χ1v) is 4.89. The van der Waals surface area contributed by atoms with Crippen LogP contribution in [0.2, 0.25) is 0 Å². The third-order valence-corrected chi connectivity index (χ3v) is 2.58. The summed E-state index contributed by atoms with van der Waals surface area (Å²) in [6, 6.07) is 5.19. The van der Waals surface area contributed by atoms with Gasteiger partial charge >= 0.3 is 0 Å². The van der Waals surface area contributed by atoms with Crippen molar-refractivity contribution >= 4 is 12.2 Å². The number of hydrogen-bond acceptors (Lipinski definition) is 2. The Morgan fingerprint density at radius 3 is 2.80 bits per heavy atom. The Hall–Kier alpha value is -1.49. The summed E-state index contributed by atoms with van der Waals surface area (Å²) in [6.45, 7) is 1.72. The summed E-state index contributed by atoms with van der Waals surface area (Å²) in [4.78, 5) is 4.06. The Bertz CT molecular complexity index is 556. The number of nitrogens with zero attached hydrogens (tertiary/aromatic N) is 2. The maximum Gasteiger partial charge on any atom is 0.216 e. The molecule has 0 aliphatic rings. The first-order chi connectivity index (χ1) is 7.09. The molecule has 2 aromatic rings. The molecule has 0 amide bonds. The molecule has 0 spiro atoms. The number of halogens is 1. The maximum atomic E-state index is 13.7. The van der Waals surface area contributed by atoms with Crippen LogP contribution < -0.4 is 0 Å². The zero-order chi connectivity index (χ0) is 11.0. The quantitative estimate of drug-likeness (QED) is 0.754. The molecule has 0 atom stereocenters. The molecule has 0 fully saturated rings. The van der Waals surface area contributed by atoms with Crippen LogP contribution in [-0.4, -0.2) is 14.8 Å². The van der Waals surface area contributed by atoms with Crippen LogP contribution in [0, 0.1) is 17.5 Å². The predicted molar refractivity (Wildman–Crippen MR) is 58.5 cm³/mol. The van der Waals surface area contributed by atoms with E-state index in [4.69, 9.17) is 12.2 Å². The van der Waals surface area contributed by atoms with Crippen LogP contribution in [-0.2, 0) is 7.05 Å². The summed E-state index contributed by atoms with van der Waals surface area (Å²) >= 11 is 4.95. The van der Waals surface area contributed by atoms with Crippen LogP contribution in [0.4, 0.5) is 4.39 Å². The first-order valence-electron chi connectivity index (χ1n) is 4.48. The van der Waals surface area contributed by atoms with Crippen molar-refractivity contribution in [1.29, 1.82) is 0 Å². The molecule has 2 rings (SSSR count). The highest BCUT2D eigenvalue weighted by molar-refractivity contribution is 7.71. The van der Waals surface area contributed by atoms with Crippen LogP contribution in [0.1, 0.15) is 5.56 Å². The monoisotopic (exact) mass is 223 g/mol. The van der Waals surface area contributed by atoms with Crippen molar-refractivity contribution in [3.63, 3.8) is 0 Å². The molecule has 1 heterocycles. The van der Waals surface area contributed by atoms with Gasteiger partial charge < -0.3 is 0 Å². The van der Waals surface area contributed by atoms with Gasteiger partial charge in [0.25, 0.3) is 0 Å². The van der Waals surface area contributed by atoms with Crippen molar-refractivity contribution in [1.82, 2.24) is 14.8 Å². The van der Waals surface area contributed by atoms with E-state index in [2.05, 4.69) is 10.1 Å². The lowest BCUT2D eigenvalue weighted by Gasteiger charge is -2.01. The Kier molecular flexibility index (Phi) is 2.40. The van der Waals surface area contributed by atoms with Crippen LogP contribution in [0.5, 0.6) is 0 Å². The number of aromatic amines is 1. The lowest BCUT2D eigenvalue weighted by atomic mass is 10.1. The fourth-order valence-electron chi connectivity index (χ4n) is 1.35. The second-order valence-electron chi connectivity index (χ2n) is 3.35. The van der Waals surface area contributed by atoms with E-state index in [1.807, 2.05) is 0 Å². The fraction of sp³-hybridized carbons (Fsp3) is 0.200. The van der Waals surface area contributed by atoms with Gasteiger partial charge in [-0.15, -0.1) is 0 Å². The van der Waals surface area contributed by atoms with Gasteiger partial charge in [0, 0.05) is 7.05 Å². The summed E-state index contributed by atoms with van der Waals surface area (Å²) in [6.07, 6.45) is 0. The van der Waals surface area contributed by atoms with Crippen molar-refractivity contribution in [2.24, 2.45) is 7.05 Å². The van der Waals surface area contributed by atoms with Gasteiger partial charge in [-0.1, -0.05) is 12.1 Å². The zero-order valence-electron chi connectivity index (χ0n) is 8.41. The van der Waals surface area contributed by atoms with E-state index >= 15 is 0 Å². The topological polar surface area (TPSA) is 33.6 Å². The second-order valence-corrected chi connectivity index (χ2v) is 3.72. The van der Waals surface area contributed by atoms with Gasteiger partial charge in [-0.2, -0.15) is 4.98 Å². The standard InChI is InChI=1S/C10H10FN3S/c1-6-4-3-5-7(8(6)11)9-12-10(15)14(2)13-9/h3-5H,1-2H3,(H,12,13,15). The van der Waals surface area contributed by atoms with E-state index in [0.717, 1.165) is 0 Å². The van der Waals surface area contributed by atoms with E-state index < -0.39 is 0 Å². The van der Waals surface area contributed by atoms with Gasteiger partial charge in [0.2, 0.25) is 4.77 Å². The van der Waals surface area contributed by atoms with Gasteiger partial charge in [-0.05, 0) is 30.8 Å². The van der Waals surface area contributed by atoms with Crippen molar-refractivity contribution in [3.8, 4) is 11.4 Å². The molecule has 0 aliphatic heterocycles. The summed E-state index contributed by atoms with van der Waals surface area (Å²) < 4.78 is 15.7. The molecule has 5 heteroatoms. The number of aryl methyl sites for hydroxylation is 2. The molecule has 1 aromatic carbocycles. The molecule has 1 N–H and O–H groups in total. The molecule has 0 radical (unpaired) electrons. The van der Waals surface area contributed by atoms with Crippen LogP contribution >= 0.6 is 12.2 Å². The van der Waals surface area contributed by atoms with Gasteiger partial charge in [-0.25, -0.2) is 4.39 Å².